The zero-order chi connectivity index (χ0) is 6.24. The fourth-order valence-corrected chi connectivity index (χ4v) is 0.510. The Bertz CT molecular complexity index is 23.8. The van der Waals surface area contributed by atoms with E-state index >= 15 is 0 Å². The SMILES string of the molecule is C1CCOC1.C[CH]C. The molecule has 1 rings (SSSR count). The van der Waals surface area contributed by atoms with Crippen molar-refractivity contribution in [2.75, 3.05) is 13.2 Å². The predicted molar refractivity (Wildman–Crippen MR) is 35.7 cm³/mol. The van der Waals surface area contributed by atoms with Crippen molar-refractivity contribution in [2.45, 2.75) is 26.7 Å². The van der Waals surface area contributed by atoms with E-state index < -0.39 is 0 Å². The Morgan fingerprint density at radius 2 is 1.50 bits per heavy atom. The first kappa shape index (κ1) is 7.96. The van der Waals surface area contributed by atoms with Crippen LogP contribution in [0, 0.1) is 6.42 Å². The maximum atomic E-state index is 4.94. The Kier molecular flexibility index (Phi) is 6.93. The molecule has 0 saturated carbocycles. The van der Waals surface area contributed by atoms with E-state index in [1.165, 1.54) is 12.8 Å². The third kappa shape index (κ3) is 5.96. The second-order valence-electron chi connectivity index (χ2n) is 1.90. The van der Waals surface area contributed by atoms with Crippen LogP contribution in [0.5, 0.6) is 0 Å². The summed E-state index contributed by atoms with van der Waals surface area (Å²) >= 11 is 0. The fraction of sp³-hybridized carbons (Fsp3) is 0.857. The van der Waals surface area contributed by atoms with Crippen LogP contribution in [-0.4, -0.2) is 13.2 Å². The first-order valence-electron chi connectivity index (χ1n) is 3.23. The topological polar surface area (TPSA) is 9.23 Å². The van der Waals surface area contributed by atoms with Gasteiger partial charge in [0.05, 0.1) is 0 Å². The van der Waals surface area contributed by atoms with E-state index in [0.29, 0.717) is 0 Å². The van der Waals surface area contributed by atoms with E-state index in [-0.39, 0.29) is 0 Å². The summed E-state index contributed by atoms with van der Waals surface area (Å²) in [6.45, 7) is 6.00. The van der Waals surface area contributed by atoms with Gasteiger partial charge in [0.15, 0.2) is 0 Å². The van der Waals surface area contributed by atoms with Gasteiger partial charge in [0.25, 0.3) is 0 Å². The minimum atomic E-state index is 1.00. The highest BCUT2D eigenvalue weighted by Gasteiger charge is 1.94. The summed E-state index contributed by atoms with van der Waals surface area (Å²) in [4.78, 5) is 0. The van der Waals surface area contributed by atoms with Crippen molar-refractivity contribution in [1.29, 1.82) is 0 Å². The highest BCUT2D eigenvalue weighted by atomic mass is 16.5. The van der Waals surface area contributed by atoms with Crippen LogP contribution in [0.2, 0.25) is 0 Å². The largest absolute Gasteiger partial charge is 0.381 e. The second kappa shape index (κ2) is 6.96. The van der Waals surface area contributed by atoms with E-state index in [9.17, 15) is 0 Å². The number of ether oxygens (including phenoxy) is 1. The predicted octanol–water partition coefficient (Wildman–Crippen LogP) is 2.03. The molecule has 1 radical (unpaired) electrons. The van der Waals surface area contributed by atoms with Crippen molar-refractivity contribution in [3.8, 4) is 0 Å². The number of hydrogen-bond donors (Lipinski definition) is 0. The monoisotopic (exact) mass is 115 g/mol. The molecule has 0 bridgehead atoms. The Labute approximate surface area is 52.0 Å². The highest BCUT2D eigenvalue weighted by molar-refractivity contribution is 4.43. The lowest BCUT2D eigenvalue weighted by atomic mass is 10.4. The smallest absolute Gasteiger partial charge is 0.0466 e. The van der Waals surface area contributed by atoms with Gasteiger partial charge in [0.2, 0.25) is 0 Å². The third-order valence-corrected chi connectivity index (χ3v) is 0.827. The van der Waals surface area contributed by atoms with Gasteiger partial charge in [-0.15, -0.1) is 0 Å². The van der Waals surface area contributed by atoms with Gasteiger partial charge in [-0.1, -0.05) is 13.8 Å². The third-order valence-electron chi connectivity index (χ3n) is 0.827. The summed E-state index contributed by atoms with van der Waals surface area (Å²) in [5.74, 6) is 0. The van der Waals surface area contributed by atoms with Gasteiger partial charge in [0.1, 0.15) is 0 Å². The van der Waals surface area contributed by atoms with E-state index in [2.05, 4.69) is 0 Å². The molecule has 1 aliphatic rings. The number of rotatable bonds is 0. The summed E-state index contributed by atoms with van der Waals surface area (Å²) in [6.07, 6.45) is 4.56. The van der Waals surface area contributed by atoms with Crippen molar-refractivity contribution in [2.24, 2.45) is 0 Å². The van der Waals surface area contributed by atoms with Crippen molar-refractivity contribution < 1.29 is 4.74 Å². The van der Waals surface area contributed by atoms with E-state index in [1.807, 2.05) is 20.3 Å². The first-order valence-corrected chi connectivity index (χ1v) is 3.23. The van der Waals surface area contributed by atoms with Crippen LogP contribution in [0.1, 0.15) is 26.7 Å². The van der Waals surface area contributed by atoms with Crippen LogP contribution in [0.4, 0.5) is 0 Å². The Balaban J connectivity index is 0.000000145. The quantitative estimate of drug-likeness (QED) is 0.469. The maximum absolute atomic E-state index is 4.94. The highest BCUT2D eigenvalue weighted by Crippen LogP contribution is 1.98. The van der Waals surface area contributed by atoms with E-state index in [4.69, 9.17) is 4.74 Å². The zero-order valence-electron chi connectivity index (χ0n) is 5.81. The molecule has 1 nitrogen and oxygen atoms in total. The minimum Gasteiger partial charge on any atom is -0.381 e. The van der Waals surface area contributed by atoms with Crippen LogP contribution in [-0.2, 0) is 4.74 Å². The molecule has 0 amide bonds. The summed E-state index contributed by atoms with van der Waals surface area (Å²) in [6, 6.07) is 0. The molecule has 1 fully saturated rings. The van der Waals surface area contributed by atoms with Crippen molar-refractivity contribution in [1.82, 2.24) is 0 Å². The Morgan fingerprint density at radius 1 is 1.12 bits per heavy atom. The second-order valence-corrected chi connectivity index (χ2v) is 1.90. The molecule has 0 spiro atoms. The summed E-state index contributed by atoms with van der Waals surface area (Å²) in [5.41, 5.74) is 0. The molecule has 1 heterocycles. The van der Waals surface area contributed by atoms with Gasteiger partial charge < -0.3 is 4.74 Å². The van der Waals surface area contributed by atoms with Gasteiger partial charge in [-0.2, -0.15) is 0 Å². The zero-order valence-corrected chi connectivity index (χ0v) is 5.81. The number of hydrogen-bond acceptors (Lipinski definition) is 1. The lowest BCUT2D eigenvalue weighted by molar-refractivity contribution is 0.198. The molecular weight excluding hydrogens is 100 g/mol. The molecule has 49 valence electrons. The molecule has 0 aromatic heterocycles. The Hall–Kier alpha value is -0.0400. The van der Waals surface area contributed by atoms with Crippen molar-refractivity contribution in [3.05, 3.63) is 6.42 Å². The van der Waals surface area contributed by atoms with Crippen LogP contribution < -0.4 is 0 Å². The average Bonchev–Trinajstić information content (AvgIpc) is 2.17. The lowest BCUT2D eigenvalue weighted by Gasteiger charge is -1.76. The molecule has 1 saturated heterocycles. The molecule has 0 aliphatic carbocycles. The maximum Gasteiger partial charge on any atom is 0.0466 e. The van der Waals surface area contributed by atoms with Gasteiger partial charge in [-0.05, 0) is 19.3 Å². The fourth-order valence-electron chi connectivity index (χ4n) is 0.510. The normalized spacial score (nSPS) is 17.2. The molecule has 8 heavy (non-hydrogen) atoms. The van der Waals surface area contributed by atoms with Gasteiger partial charge >= 0.3 is 0 Å². The van der Waals surface area contributed by atoms with Crippen LogP contribution in [0.25, 0.3) is 0 Å². The first-order chi connectivity index (χ1) is 3.91. The van der Waals surface area contributed by atoms with E-state index in [1.54, 1.807) is 0 Å². The van der Waals surface area contributed by atoms with Crippen LogP contribution >= 0.6 is 0 Å². The van der Waals surface area contributed by atoms with Crippen molar-refractivity contribution in [3.63, 3.8) is 0 Å². The van der Waals surface area contributed by atoms with Gasteiger partial charge in [0, 0.05) is 13.2 Å². The van der Waals surface area contributed by atoms with Gasteiger partial charge in [-0.25, -0.2) is 0 Å². The molecule has 0 N–H and O–H groups in total. The molecule has 1 aliphatic heterocycles. The summed E-state index contributed by atoms with van der Waals surface area (Å²) in [7, 11) is 0. The van der Waals surface area contributed by atoms with Gasteiger partial charge in [-0.3, -0.25) is 0 Å². The summed E-state index contributed by atoms with van der Waals surface area (Å²) < 4.78 is 4.94. The van der Waals surface area contributed by atoms with E-state index in [0.717, 1.165) is 13.2 Å². The summed E-state index contributed by atoms with van der Waals surface area (Å²) in [5, 5.41) is 0. The Morgan fingerprint density at radius 3 is 1.62 bits per heavy atom. The molecule has 0 aromatic carbocycles. The standard InChI is InChI=1S/C4H8O.C3H7/c1-2-4-5-3-1;1-3-2/h1-4H2;3H,1-2H3. The average molecular weight is 115 g/mol. The van der Waals surface area contributed by atoms with Crippen LogP contribution in [0.3, 0.4) is 0 Å². The van der Waals surface area contributed by atoms with Crippen molar-refractivity contribution >= 4 is 0 Å². The molecule has 0 unspecified atom stereocenters. The van der Waals surface area contributed by atoms with Crippen LogP contribution in [0.15, 0.2) is 0 Å². The molecule has 1 heteroatoms. The molecule has 0 atom stereocenters. The minimum absolute atomic E-state index is 1.00. The lowest BCUT2D eigenvalue weighted by Crippen LogP contribution is -1.74. The molecular formula is C7H15O. The molecule has 0 aromatic rings.